The van der Waals surface area contributed by atoms with Crippen LogP contribution in [0, 0.1) is 29.8 Å². The molecule has 0 radical (unpaired) electrons. The molecule has 0 aliphatic rings. The van der Waals surface area contributed by atoms with Gasteiger partial charge < -0.3 is 5.32 Å². The largest absolute Gasteiger partial charge is 0.347 e. The number of rotatable bonds is 4. The molecule has 0 saturated heterocycles. The molecule has 0 aliphatic carbocycles. The van der Waals surface area contributed by atoms with E-state index in [1.165, 1.54) is 0 Å². The predicted octanol–water partition coefficient (Wildman–Crippen LogP) is 3.34. The van der Waals surface area contributed by atoms with Crippen molar-refractivity contribution in [2.75, 3.05) is 0 Å². The summed E-state index contributed by atoms with van der Waals surface area (Å²) in [5, 5.41) is 13.4. The van der Waals surface area contributed by atoms with Crippen molar-refractivity contribution in [2.24, 2.45) is 0 Å². The van der Waals surface area contributed by atoms with Gasteiger partial charge in [0.2, 0.25) is 0 Å². The summed E-state index contributed by atoms with van der Waals surface area (Å²) in [7, 11) is 0. The third kappa shape index (κ3) is 3.43. The topological polar surface area (TPSA) is 72.2 Å². The molecule has 0 saturated carbocycles. The maximum atomic E-state index is 13.2. The molecule has 110 valence electrons. The molecule has 0 aliphatic heterocycles. The number of aryl methyl sites for hydroxylation is 2. The Bertz CT molecular complexity index is 693. The van der Waals surface area contributed by atoms with Gasteiger partial charge in [-0.1, -0.05) is 0 Å². The Kier molecular flexibility index (Phi) is 4.32. The van der Waals surface area contributed by atoms with E-state index in [0.717, 1.165) is 33.5 Å². The Morgan fingerprint density at radius 2 is 2.10 bits per heavy atom. The quantitative estimate of drug-likeness (QED) is 0.695. The van der Waals surface area contributed by atoms with E-state index in [1.807, 2.05) is 19.9 Å². The summed E-state index contributed by atoms with van der Waals surface area (Å²) >= 11 is 1.54. The van der Waals surface area contributed by atoms with Gasteiger partial charge >= 0.3 is 0 Å². The summed E-state index contributed by atoms with van der Waals surface area (Å²) in [5.41, 5.74) is 0.443. The first kappa shape index (κ1) is 15.1. The van der Waals surface area contributed by atoms with Crippen LogP contribution < -0.4 is 5.32 Å². The van der Waals surface area contributed by atoms with Crippen molar-refractivity contribution in [3.63, 3.8) is 0 Å². The summed E-state index contributed by atoms with van der Waals surface area (Å²) in [6, 6.07) is 4.77. The number of nitrogens with one attached hydrogen (secondary N) is 1. The molecule has 0 spiro atoms. The number of benzene rings is 1. The molecule has 21 heavy (non-hydrogen) atoms. The van der Waals surface area contributed by atoms with E-state index in [2.05, 4.69) is 5.32 Å². The van der Waals surface area contributed by atoms with E-state index < -0.39 is 22.3 Å². The van der Waals surface area contributed by atoms with Crippen LogP contribution in [-0.4, -0.2) is 10.8 Å². The molecule has 2 aromatic rings. The van der Waals surface area contributed by atoms with Gasteiger partial charge in [-0.3, -0.25) is 14.9 Å². The van der Waals surface area contributed by atoms with Gasteiger partial charge in [0.15, 0.2) is 0 Å². The first-order valence-corrected chi connectivity index (χ1v) is 6.98. The number of carbonyl (C=O) groups excluding carboxylic acids is 1. The first-order valence-electron chi connectivity index (χ1n) is 6.16. The Balaban J connectivity index is 2.16. The summed E-state index contributed by atoms with van der Waals surface area (Å²) in [4.78, 5) is 24.3. The van der Waals surface area contributed by atoms with E-state index in [0.29, 0.717) is 0 Å². The van der Waals surface area contributed by atoms with Gasteiger partial charge in [-0.15, -0.1) is 11.3 Å². The minimum atomic E-state index is -0.701. The van der Waals surface area contributed by atoms with Crippen LogP contribution in [0.2, 0.25) is 0 Å². The second-order valence-electron chi connectivity index (χ2n) is 4.55. The van der Waals surface area contributed by atoms with E-state index >= 15 is 0 Å². The lowest BCUT2D eigenvalue weighted by Gasteiger charge is -2.04. The zero-order chi connectivity index (χ0) is 15.6. The number of hydrogen-bond acceptors (Lipinski definition) is 4. The molecule has 1 aromatic carbocycles. The van der Waals surface area contributed by atoms with Gasteiger partial charge in [-0.25, -0.2) is 4.39 Å². The molecule has 7 heteroatoms. The van der Waals surface area contributed by atoms with Gasteiger partial charge in [0.05, 0.1) is 11.5 Å². The average Bonchev–Trinajstić information content (AvgIpc) is 2.74. The zero-order valence-electron chi connectivity index (χ0n) is 11.5. The fraction of sp³-hybridized carbons (Fsp3) is 0.214. The second kappa shape index (κ2) is 6.01. The van der Waals surface area contributed by atoms with Crippen LogP contribution in [0.15, 0.2) is 24.3 Å². The lowest BCUT2D eigenvalue weighted by atomic mass is 10.1. The number of thiophene rings is 1. The molecule has 1 N–H and O–H groups in total. The van der Waals surface area contributed by atoms with Crippen molar-refractivity contribution in [1.82, 2.24) is 5.32 Å². The van der Waals surface area contributed by atoms with Gasteiger partial charge in [-0.05, 0) is 37.6 Å². The summed E-state index contributed by atoms with van der Waals surface area (Å²) in [6.07, 6.45) is 0. The Morgan fingerprint density at radius 1 is 1.38 bits per heavy atom. The number of amides is 1. The highest BCUT2D eigenvalue weighted by Gasteiger charge is 2.20. The van der Waals surface area contributed by atoms with Crippen LogP contribution in [0.3, 0.4) is 0 Å². The first-order chi connectivity index (χ1) is 9.88. The molecular weight excluding hydrogens is 295 g/mol. The molecule has 5 nitrogen and oxygen atoms in total. The van der Waals surface area contributed by atoms with Crippen molar-refractivity contribution in [3.8, 4) is 0 Å². The third-order valence-corrected chi connectivity index (χ3v) is 4.19. The highest BCUT2D eigenvalue weighted by atomic mass is 32.1. The van der Waals surface area contributed by atoms with Gasteiger partial charge in [0.1, 0.15) is 11.4 Å². The number of hydrogen-bond donors (Lipinski definition) is 1. The highest BCUT2D eigenvalue weighted by Crippen LogP contribution is 2.22. The standard InChI is InChI=1S/C14H13FN2O3S/c1-8-5-11(21-9(8)2)7-16-14(18)12-6-10(15)3-4-13(12)17(19)20/h3-6H,7H2,1-2H3,(H,16,18). The Morgan fingerprint density at radius 3 is 2.67 bits per heavy atom. The lowest BCUT2D eigenvalue weighted by molar-refractivity contribution is -0.385. The molecule has 0 fully saturated rings. The molecule has 1 heterocycles. The SMILES string of the molecule is Cc1cc(CNC(=O)c2cc(F)ccc2[N+](=O)[O-])sc1C. The number of halogens is 1. The Labute approximate surface area is 124 Å². The van der Waals surface area contributed by atoms with Crippen molar-refractivity contribution in [1.29, 1.82) is 0 Å². The molecule has 1 amide bonds. The predicted molar refractivity (Wildman–Crippen MR) is 78.0 cm³/mol. The summed E-state index contributed by atoms with van der Waals surface area (Å²) in [5.74, 6) is -1.35. The van der Waals surface area contributed by atoms with Crippen LogP contribution in [-0.2, 0) is 6.54 Å². The lowest BCUT2D eigenvalue weighted by Crippen LogP contribution is -2.23. The molecule has 2 rings (SSSR count). The van der Waals surface area contributed by atoms with Crippen molar-refractivity contribution in [3.05, 3.63) is 61.1 Å². The number of nitro benzene ring substituents is 1. The summed E-state index contributed by atoms with van der Waals surface area (Å²) in [6.45, 7) is 4.20. The van der Waals surface area contributed by atoms with E-state index in [-0.39, 0.29) is 12.1 Å². The van der Waals surface area contributed by atoms with Crippen LogP contribution in [0.1, 0.15) is 25.7 Å². The van der Waals surface area contributed by atoms with Gasteiger partial charge in [-0.2, -0.15) is 0 Å². The fourth-order valence-corrected chi connectivity index (χ4v) is 2.84. The second-order valence-corrected chi connectivity index (χ2v) is 5.89. The number of carbonyl (C=O) groups is 1. The number of nitro groups is 1. The molecular formula is C14H13FN2O3S. The average molecular weight is 308 g/mol. The summed E-state index contributed by atoms with van der Waals surface area (Å²) < 4.78 is 13.2. The van der Waals surface area contributed by atoms with E-state index in [4.69, 9.17) is 0 Å². The van der Waals surface area contributed by atoms with Crippen LogP contribution >= 0.6 is 11.3 Å². The molecule has 0 atom stereocenters. The molecule has 1 aromatic heterocycles. The van der Waals surface area contributed by atoms with Crippen LogP contribution in [0.4, 0.5) is 10.1 Å². The minimum Gasteiger partial charge on any atom is -0.347 e. The van der Waals surface area contributed by atoms with Gasteiger partial charge in [0, 0.05) is 15.8 Å². The zero-order valence-corrected chi connectivity index (χ0v) is 12.3. The molecule has 0 unspecified atom stereocenters. The number of nitrogens with zero attached hydrogens (tertiary/aromatic N) is 1. The van der Waals surface area contributed by atoms with E-state index in [1.54, 1.807) is 11.3 Å². The highest BCUT2D eigenvalue weighted by molar-refractivity contribution is 7.12. The van der Waals surface area contributed by atoms with Gasteiger partial charge in [0.25, 0.3) is 11.6 Å². The smallest absolute Gasteiger partial charge is 0.282 e. The molecule has 0 bridgehead atoms. The van der Waals surface area contributed by atoms with E-state index in [9.17, 15) is 19.3 Å². The van der Waals surface area contributed by atoms with Crippen LogP contribution in [0.5, 0.6) is 0 Å². The van der Waals surface area contributed by atoms with Crippen molar-refractivity contribution >= 4 is 22.9 Å². The van der Waals surface area contributed by atoms with Crippen LogP contribution in [0.25, 0.3) is 0 Å². The monoisotopic (exact) mass is 308 g/mol. The third-order valence-electron chi connectivity index (χ3n) is 3.04. The fourth-order valence-electron chi connectivity index (χ4n) is 1.85. The maximum absolute atomic E-state index is 13.2. The van der Waals surface area contributed by atoms with Crippen molar-refractivity contribution < 1.29 is 14.1 Å². The minimum absolute atomic E-state index is 0.256. The Hall–Kier alpha value is -2.28. The maximum Gasteiger partial charge on any atom is 0.282 e. The normalized spacial score (nSPS) is 10.4. The van der Waals surface area contributed by atoms with Crippen molar-refractivity contribution in [2.45, 2.75) is 20.4 Å².